The van der Waals surface area contributed by atoms with Crippen LogP contribution in [-0.2, 0) is 6.54 Å². The molecule has 2 aromatic rings. The van der Waals surface area contributed by atoms with Crippen LogP contribution >= 0.6 is 0 Å². The molecule has 0 radical (unpaired) electrons. The zero-order valence-corrected chi connectivity index (χ0v) is 11.3. The molecule has 0 aliphatic carbocycles. The van der Waals surface area contributed by atoms with E-state index < -0.39 is 5.97 Å². The molecule has 5 heteroatoms. The van der Waals surface area contributed by atoms with Crippen molar-refractivity contribution in [2.75, 3.05) is 7.05 Å². The summed E-state index contributed by atoms with van der Waals surface area (Å²) in [4.78, 5) is 11.0. The highest BCUT2D eigenvalue weighted by Gasteiger charge is 2.13. The zero-order chi connectivity index (χ0) is 14.0. The summed E-state index contributed by atoms with van der Waals surface area (Å²) in [6.07, 6.45) is 0. The van der Waals surface area contributed by atoms with Gasteiger partial charge >= 0.3 is 5.97 Å². The maximum Gasteiger partial charge on any atom is 0.335 e. The molecular formula is C14H17N3O2. The summed E-state index contributed by atoms with van der Waals surface area (Å²) in [5.41, 5.74) is 4.15. The van der Waals surface area contributed by atoms with Crippen LogP contribution in [0.3, 0.4) is 0 Å². The summed E-state index contributed by atoms with van der Waals surface area (Å²) in [7, 11) is 1.89. The van der Waals surface area contributed by atoms with E-state index in [1.54, 1.807) is 22.9 Å². The molecule has 0 aliphatic heterocycles. The number of carboxylic acids is 1. The van der Waals surface area contributed by atoms with Gasteiger partial charge in [0.05, 0.1) is 16.9 Å². The predicted octanol–water partition coefficient (Wildman–Crippen LogP) is 1.91. The third kappa shape index (κ3) is 2.51. The van der Waals surface area contributed by atoms with E-state index in [9.17, 15) is 4.79 Å². The number of carboxylic acid groups (broad SMARTS) is 1. The van der Waals surface area contributed by atoms with Crippen LogP contribution in [0, 0.1) is 13.8 Å². The van der Waals surface area contributed by atoms with Gasteiger partial charge in [-0.2, -0.15) is 5.10 Å². The third-order valence-electron chi connectivity index (χ3n) is 3.13. The first-order valence-corrected chi connectivity index (χ1v) is 6.08. The van der Waals surface area contributed by atoms with E-state index in [-0.39, 0.29) is 5.56 Å². The Morgan fingerprint density at radius 2 is 2.16 bits per heavy atom. The Morgan fingerprint density at radius 3 is 2.79 bits per heavy atom. The number of hydrogen-bond donors (Lipinski definition) is 2. The van der Waals surface area contributed by atoms with Gasteiger partial charge in [-0.15, -0.1) is 0 Å². The number of aromatic carboxylic acids is 1. The summed E-state index contributed by atoms with van der Waals surface area (Å²) < 4.78 is 1.79. The molecule has 0 bridgehead atoms. The summed E-state index contributed by atoms with van der Waals surface area (Å²) in [6.45, 7) is 4.69. The maximum atomic E-state index is 11.0. The normalized spacial score (nSPS) is 10.7. The van der Waals surface area contributed by atoms with Crippen molar-refractivity contribution in [3.63, 3.8) is 0 Å². The van der Waals surface area contributed by atoms with Crippen LogP contribution in [-0.4, -0.2) is 27.9 Å². The Labute approximate surface area is 111 Å². The fourth-order valence-electron chi connectivity index (χ4n) is 2.13. The topological polar surface area (TPSA) is 67.2 Å². The zero-order valence-electron chi connectivity index (χ0n) is 11.3. The SMILES string of the molecule is CNCc1c(C)nn(-c2cccc(C(=O)O)c2)c1C. The highest BCUT2D eigenvalue weighted by atomic mass is 16.4. The van der Waals surface area contributed by atoms with E-state index in [0.29, 0.717) is 0 Å². The summed E-state index contributed by atoms with van der Waals surface area (Å²) in [5, 5.41) is 16.6. The lowest BCUT2D eigenvalue weighted by molar-refractivity contribution is 0.0697. The van der Waals surface area contributed by atoms with Crippen LogP contribution in [0.4, 0.5) is 0 Å². The molecule has 0 unspecified atom stereocenters. The fraction of sp³-hybridized carbons (Fsp3) is 0.286. The molecule has 19 heavy (non-hydrogen) atoms. The lowest BCUT2D eigenvalue weighted by Crippen LogP contribution is -2.07. The van der Waals surface area contributed by atoms with Gasteiger partial charge in [0.1, 0.15) is 0 Å². The second-order valence-corrected chi connectivity index (χ2v) is 4.45. The van der Waals surface area contributed by atoms with Gasteiger partial charge in [0.25, 0.3) is 0 Å². The average Bonchev–Trinajstić information content (AvgIpc) is 2.67. The highest BCUT2D eigenvalue weighted by molar-refractivity contribution is 5.88. The van der Waals surface area contributed by atoms with Crippen LogP contribution < -0.4 is 5.32 Å². The number of aromatic nitrogens is 2. The maximum absolute atomic E-state index is 11.0. The lowest BCUT2D eigenvalue weighted by Gasteiger charge is -2.06. The predicted molar refractivity (Wildman–Crippen MR) is 72.8 cm³/mol. The number of nitrogens with one attached hydrogen (secondary N) is 1. The van der Waals surface area contributed by atoms with Crippen molar-refractivity contribution in [3.8, 4) is 5.69 Å². The first kappa shape index (κ1) is 13.3. The number of hydrogen-bond acceptors (Lipinski definition) is 3. The molecule has 5 nitrogen and oxygen atoms in total. The molecule has 0 saturated heterocycles. The molecule has 2 N–H and O–H groups in total. The van der Waals surface area contributed by atoms with Gasteiger partial charge in [0, 0.05) is 17.8 Å². The minimum atomic E-state index is -0.932. The molecule has 0 fully saturated rings. The molecule has 1 aromatic carbocycles. The standard InChI is InChI=1S/C14H17N3O2/c1-9-13(8-15-3)10(2)17(16-9)12-6-4-5-11(7-12)14(18)19/h4-7,15H,8H2,1-3H3,(H,18,19). The average molecular weight is 259 g/mol. The van der Waals surface area contributed by atoms with Gasteiger partial charge in [-0.1, -0.05) is 6.07 Å². The smallest absolute Gasteiger partial charge is 0.335 e. The molecule has 0 aliphatic rings. The summed E-state index contributed by atoms with van der Waals surface area (Å²) in [5.74, 6) is -0.932. The molecule has 2 rings (SSSR count). The number of carbonyl (C=O) groups is 1. The van der Waals surface area contributed by atoms with E-state index in [2.05, 4.69) is 10.4 Å². The summed E-state index contributed by atoms with van der Waals surface area (Å²) >= 11 is 0. The van der Waals surface area contributed by atoms with E-state index in [1.807, 2.05) is 27.0 Å². The first-order valence-electron chi connectivity index (χ1n) is 6.08. The van der Waals surface area contributed by atoms with Gasteiger partial charge in [-0.3, -0.25) is 0 Å². The van der Waals surface area contributed by atoms with Crippen LogP contribution in [0.1, 0.15) is 27.3 Å². The Morgan fingerprint density at radius 1 is 1.42 bits per heavy atom. The van der Waals surface area contributed by atoms with Crippen LogP contribution in [0.5, 0.6) is 0 Å². The van der Waals surface area contributed by atoms with Crippen molar-refractivity contribution in [1.29, 1.82) is 0 Å². The quantitative estimate of drug-likeness (QED) is 0.880. The van der Waals surface area contributed by atoms with E-state index >= 15 is 0 Å². The Hall–Kier alpha value is -2.14. The van der Waals surface area contributed by atoms with E-state index in [0.717, 1.165) is 29.2 Å². The molecule has 1 heterocycles. The Kier molecular flexibility index (Phi) is 3.66. The number of benzene rings is 1. The van der Waals surface area contributed by atoms with Crippen LogP contribution in [0.2, 0.25) is 0 Å². The number of rotatable bonds is 4. The van der Waals surface area contributed by atoms with Gasteiger partial charge in [0.2, 0.25) is 0 Å². The molecule has 100 valence electrons. The van der Waals surface area contributed by atoms with Crippen molar-refractivity contribution in [2.24, 2.45) is 0 Å². The van der Waals surface area contributed by atoms with Crippen molar-refractivity contribution in [2.45, 2.75) is 20.4 Å². The monoisotopic (exact) mass is 259 g/mol. The largest absolute Gasteiger partial charge is 0.478 e. The van der Waals surface area contributed by atoms with Crippen molar-refractivity contribution >= 4 is 5.97 Å². The molecule has 0 saturated carbocycles. The second kappa shape index (κ2) is 5.24. The minimum Gasteiger partial charge on any atom is -0.478 e. The Bertz CT molecular complexity index is 617. The fourth-order valence-corrected chi connectivity index (χ4v) is 2.13. The number of nitrogens with zero attached hydrogens (tertiary/aromatic N) is 2. The molecular weight excluding hydrogens is 242 g/mol. The van der Waals surface area contributed by atoms with Gasteiger partial charge in [0.15, 0.2) is 0 Å². The first-order chi connectivity index (χ1) is 9.04. The third-order valence-corrected chi connectivity index (χ3v) is 3.13. The van der Waals surface area contributed by atoms with E-state index in [4.69, 9.17) is 5.11 Å². The van der Waals surface area contributed by atoms with E-state index in [1.165, 1.54) is 0 Å². The second-order valence-electron chi connectivity index (χ2n) is 4.45. The molecule has 0 amide bonds. The summed E-state index contributed by atoms with van der Waals surface area (Å²) in [6, 6.07) is 6.79. The van der Waals surface area contributed by atoms with Gasteiger partial charge < -0.3 is 10.4 Å². The lowest BCUT2D eigenvalue weighted by atomic mass is 10.2. The minimum absolute atomic E-state index is 0.264. The van der Waals surface area contributed by atoms with Crippen LogP contribution in [0.25, 0.3) is 5.69 Å². The molecule has 0 atom stereocenters. The van der Waals surface area contributed by atoms with Crippen molar-refractivity contribution in [1.82, 2.24) is 15.1 Å². The molecule has 0 spiro atoms. The number of aryl methyl sites for hydroxylation is 1. The van der Waals surface area contributed by atoms with Gasteiger partial charge in [-0.05, 0) is 39.1 Å². The molecule has 1 aromatic heterocycles. The van der Waals surface area contributed by atoms with Crippen molar-refractivity contribution < 1.29 is 9.90 Å². The van der Waals surface area contributed by atoms with Crippen LogP contribution in [0.15, 0.2) is 24.3 Å². The van der Waals surface area contributed by atoms with Crippen molar-refractivity contribution in [3.05, 3.63) is 46.8 Å². The van der Waals surface area contributed by atoms with Gasteiger partial charge in [-0.25, -0.2) is 9.48 Å². The highest BCUT2D eigenvalue weighted by Crippen LogP contribution is 2.18. The Balaban J connectivity index is 2.50.